The molecule has 2 unspecified atom stereocenters. The first-order chi connectivity index (χ1) is 8.82. The standard InChI is InChI=1S/C14H21F3N2/c1-4-10(2)19(3)13(9-18)11-7-5-6-8-12(11)14(15,16)17/h5-8,10,13H,4,9,18H2,1-3H3. The molecule has 0 radical (unpaired) electrons. The lowest BCUT2D eigenvalue weighted by molar-refractivity contribution is -0.138. The quantitative estimate of drug-likeness (QED) is 0.891. The first-order valence-electron chi connectivity index (χ1n) is 6.41. The molecule has 1 rings (SSSR count). The van der Waals surface area contributed by atoms with Gasteiger partial charge < -0.3 is 5.73 Å². The fourth-order valence-corrected chi connectivity index (χ4v) is 2.15. The molecule has 19 heavy (non-hydrogen) atoms. The van der Waals surface area contributed by atoms with Crippen LogP contribution in [0, 0.1) is 0 Å². The summed E-state index contributed by atoms with van der Waals surface area (Å²) in [6.45, 7) is 4.15. The van der Waals surface area contributed by atoms with Crippen LogP contribution in [0.3, 0.4) is 0 Å². The summed E-state index contributed by atoms with van der Waals surface area (Å²) in [6.07, 6.45) is -3.48. The zero-order valence-corrected chi connectivity index (χ0v) is 11.5. The molecule has 2 N–H and O–H groups in total. The Kier molecular flexibility index (Phi) is 5.38. The second-order valence-electron chi connectivity index (χ2n) is 4.76. The van der Waals surface area contributed by atoms with Crippen molar-refractivity contribution in [3.63, 3.8) is 0 Å². The Labute approximate surface area is 112 Å². The van der Waals surface area contributed by atoms with E-state index in [0.717, 1.165) is 12.5 Å². The molecular weight excluding hydrogens is 253 g/mol. The second-order valence-corrected chi connectivity index (χ2v) is 4.76. The summed E-state index contributed by atoms with van der Waals surface area (Å²) in [5.41, 5.74) is 5.35. The highest BCUT2D eigenvalue weighted by Gasteiger charge is 2.35. The number of hydrogen-bond acceptors (Lipinski definition) is 2. The maximum absolute atomic E-state index is 13.0. The topological polar surface area (TPSA) is 29.3 Å². The van der Waals surface area contributed by atoms with Crippen LogP contribution in [-0.4, -0.2) is 24.5 Å². The van der Waals surface area contributed by atoms with Crippen molar-refractivity contribution in [3.05, 3.63) is 35.4 Å². The number of alkyl halides is 3. The summed E-state index contributed by atoms with van der Waals surface area (Å²) in [5, 5.41) is 0. The smallest absolute Gasteiger partial charge is 0.329 e. The minimum Gasteiger partial charge on any atom is -0.329 e. The van der Waals surface area contributed by atoms with Gasteiger partial charge in [0.2, 0.25) is 0 Å². The van der Waals surface area contributed by atoms with E-state index >= 15 is 0 Å². The molecule has 2 nitrogen and oxygen atoms in total. The van der Waals surface area contributed by atoms with Crippen LogP contribution in [0.1, 0.15) is 37.4 Å². The molecule has 108 valence electrons. The van der Waals surface area contributed by atoms with Crippen LogP contribution in [-0.2, 0) is 6.18 Å². The fraction of sp³-hybridized carbons (Fsp3) is 0.571. The van der Waals surface area contributed by atoms with Crippen molar-refractivity contribution in [1.29, 1.82) is 0 Å². The molecule has 1 aromatic rings. The molecule has 0 saturated carbocycles. The third kappa shape index (κ3) is 3.70. The maximum Gasteiger partial charge on any atom is 0.416 e. The van der Waals surface area contributed by atoms with Gasteiger partial charge in [-0.1, -0.05) is 25.1 Å². The van der Waals surface area contributed by atoms with Gasteiger partial charge in [0, 0.05) is 18.6 Å². The number of nitrogens with two attached hydrogens (primary N) is 1. The van der Waals surface area contributed by atoms with Crippen LogP contribution >= 0.6 is 0 Å². The molecule has 0 spiro atoms. The second kappa shape index (κ2) is 6.39. The highest BCUT2D eigenvalue weighted by molar-refractivity contribution is 5.32. The molecule has 0 aliphatic carbocycles. The Morgan fingerprint density at radius 3 is 2.32 bits per heavy atom. The largest absolute Gasteiger partial charge is 0.416 e. The molecule has 0 aliphatic heterocycles. The van der Waals surface area contributed by atoms with Crippen LogP contribution in [0.5, 0.6) is 0 Å². The predicted molar refractivity (Wildman–Crippen MR) is 70.8 cm³/mol. The summed E-state index contributed by atoms with van der Waals surface area (Å²) in [6, 6.07) is 5.41. The van der Waals surface area contributed by atoms with Gasteiger partial charge in [-0.15, -0.1) is 0 Å². The van der Waals surface area contributed by atoms with Crippen molar-refractivity contribution >= 4 is 0 Å². The Hall–Kier alpha value is -1.07. The number of rotatable bonds is 5. The molecule has 0 saturated heterocycles. The predicted octanol–water partition coefficient (Wildman–Crippen LogP) is 3.44. The van der Waals surface area contributed by atoms with Gasteiger partial charge in [0.25, 0.3) is 0 Å². The van der Waals surface area contributed by atoms with Crippen LogP contribution in [0.2, 0.25) is 0 Å². The lowest BCUT2D eigenvalue weighted by Crippen LogP contribution is -2.37. The molecular formula is C14H21F3N2. The summed E-state index contributed by atoms with van der Waals surface area (Å²) in [4.78, 5) is 1.91. The van der Waals surface area contributed by atoms with Gasteiger partial charge in [-0.2, -0.15) is 13.2 Å². The number of halogens is 3. The zero-order chi connectivity index (χ0) is 14.6. The van der Waals surface area contributed by atoms with Crippen molar-refractivity contribution in [2.45, 2.75) is 38.5 Å². The number of likely N-dealkylation sites (N-methyl/N-ethyl adjacent to an activating group) is 1. The van der Waals surface area contributed by atoms with Gasteiger partial charge in [0.05, 0.1) is 5.56 Å². The SMILES string of the molecule is CCC(C)N(C)C(CN)c1ccccc1C(F)(F)F. The molecule has 0 heterocycles. The van der Waals surface area contributed by atoms with Crippen molar-refractivity contribution in [2.24, 2.45) is 5.73 Å². The molecule has 0 amide bonds. The molecule has 0 aliphatic rings. The molecule has 0 bridgehead atoms. The highest BCUT2D eigenvalue weighted by Crippen LogP contribution is 2.36. The summed E-state index contributed by atoms with van der Waals surface area (Å²) < 4.78 is 39.1. The van der Waals surface area contributed by atoms with Crippen LogP contribution < -0.4 is 5.73 Å². The lowest BCUT2D eigenvalue weighted by atomic mass is 9.97. The Bertz CT molecular complexity index is 404. The van der Waals surface area contributed by atoms with Gasteiger partial charge in [-0.3, -0.25) is 4.90 Å². The third-order valence-electron chi connectivity index (χ3n) is 3.63. The maximum atomic E-state index is 13.0. The van der Waals surface area contributed by atoms with Gasteiger partial charge in [0.1, 0.15) is 0 Å². The number of benzene rings is 1. The fourth-order valence-electron chi connectivity index (χ4n) is 2.15. The molecule has 1 aromatic carbocycles. The van der Waals surface area contributed by atoms with Crippen LogP contribution in [0.15, 0.2) is 24.3 Å². The van der Waals surface area contributed by atoms with Crippen molar-refractivity contribution < 1.29 is 13.2 Å². The first kappa shape index (κ1) is 16.0. The van der Waals surface area contributed by atoms with E-state index in [1.807, 2.05) is 25.8 Å². The van der Waals surface area contributed by atoms with Gasteiger partial charge >= 0.3 is 6.18 Å². The Morgan fingerprint density at radius 2 is 1.84 bits per heavy atom. The van der Waals surface area contributed by atoms with E-state index in [1.54, 1.807) is 6.07 Å². The lowest BCUT2D eigenvalue weighted by Gasteiger charge is -2.33. The highest BCUT2D eigenvalue weighted by atomic mass is 19.4. The van der Waals surface area contributed by atoms with Crippen LogP contribution in [0.25, 0.3) is 0 Å². The van der Waals surface area contributed by atoms with Gasteiger partial charge in [-0.25, -0.2) is 0 Å². The average Bonchev–Trinajstić information content (AvgIpc) is 2.38. The van der Waals surface area contributed by atoms with E-state index in [4.69, 9.17) is 5.73 Å². The van der Waals surface area contributed by atoms with Crippen molar-refractivity contribution in [3.8, 4) is 0 Å². The number of hydrogen-bond donors (Lipinski definition) is 1. The van der Waals surface area contributed by atoms with Crippen molar-refractivity contribution in [1.82, 2.24) is 4.90 Å². The van der Waals surface area contributed by atoms with E-state index in [-0.39, 0.29) is 18.2 Å². The van der Waals surface area contributed by atoms with E-state index in [1.165, 1.54) is 12.1 Å². The normalized spacial score (nSPS) is 15.6. The van der Waals surface area contributed by atoms with Gasteiger partial charge in [-0.05, 0) is 32.0 Å². The Morgan fingerprint density at radius 1 is 1.26 bits per heavy atom. The van der Waals surface area contributed by atoms with Gasteiger partial charge in [0.15, 0.2) is 0 Å². The van der Waals surface area contributed by atoms with Crippen LogP contribution in [0.4, 0.5) is 13.2 Å². The first-order valence-corrected chi connectivity index (χ1v) is 6.41. The minimum absolute atomic E-state index is 0.161. The summed E-state index contributed by atoms with van der Waals surface area (Å²) in [7, 11) is 1.82. The Balaban J connectivity index is 3.19. The van der Waals surface area contributed by atoms with Crippen molar-refractivity contribution in [2.75, 3.05) is 13.6 Å². The molecule has 0 fully saturated rings. The number of nitrogens with zero attached hydrogens (tertiary/aromatic N) is 1. The summed E-state index contributed by atoms with van der Waals surface area (Å²) in [5.74, 6) is 0. The van der Waals surface area contributed by atoms with E-state index in [2.05, 4.69) is 0 Å². The minimum atomic E-state index is -4.35. The zero-order valence-electron chi connectivity index (χ0n) is 11.5. The monoisotopic (exact) mass is 274 g/mol. The molecule has 2 atom stereocenters. The van der Waals surface area contributed by atoms with E-state index < -0.39 is 17.8 Å². The molecule has 0 aromatic heterocycles. The molecule has 5 heteroatoms. The third-order valence-corrected chi connectivity index (χ3v) is 3.63. The van der Waals surface area contributed by atoms with E-state index in [0.29, 0.717) is 0 Å². The van der Waals surface area contributed by atoms with E-state index in [9.17, 15) is 13.2 Å². The summed E-state index contributed by atoms with van der Waals surface area (Å²) >= 11 is 0. The average molecular weight is 274 g/mol.